The first kappa shape index (κ1) is 20.5. The Bertz CT molecular complexity index is 1190. The van der Waals surface area contributed by atoms with Crippen molar-refractivity contribution in [2.75, 3.05) is 11.9 Å². The van der Waals surface area contributed by atoms with Crippen LogP contribution in [0.1, 0.15) is 32.5 Å². The van der Waals surface area contributed by atoms with Crippen LogP contribution in [0.4, 0.5) is 10.1 Å². The number of carbonyl (C=O) groups excluding carboxylic acids is 2. The molecule has 0 bridgehead atoms. The van der Waals surface area contributed by atoms with Gasteiger partial charge in [0.05, 0.1) is 5.69 Å². The van der Waals surface area contributed by atoms with Crippen LogP contribution in [0.25, 0.3) is 11.1 Å². The first-order valence-electron chi connectivity index (χ1n) is 9.30. The molecule has 3 aromatic rings. The highest BCUT2D eigenvalue weighted by Gasteiger charge is 2.34. The van der Waals surface area contributed by atoms with Gasteiger partial charge in [-0.25, -0.2) is 9.18 Å². The lowest BCUT2D eigenvalue weighted by Gasteiger charge is -2.24. The van der Waals surface area contributed by atoms with E-state index in [2.05, 4.69) is 5.32 Å². The summed E-state index contributed by atoms with van der Waals surface area (Å²) in [6.45, 7) is -0.281. The van der Waals surface area contributed by atoms with Gasteiger partial charge in [-0.1, -0.05) is 24.3 Å². The van der Waals surface area contributed by atoms with Gasteiger partial charge in [0.25, 0.3) is 5.91 Å². The summed E-state index contributed by atoms with van der Waals surface area (Å²) in [5.41, 5.74) is 7.12. The van der Waals surface area contributed by atoms with Crippen LogP contribution in [0.2, 0.25) is 0 Å². The third-order valence-corrected chi connectivity index (χ3v) is 6.17. The number of carboxylic acid groups (broad SMARTS) is 1. The van der Waals surface area contributed by atoms with Crippen molar-refractivity contribution >= 4 is 34.8 Å². The minimum absolute atomic E-state index is 0.0601. The minimum atomic E-state index is -1.13. The number of anilines is 1. The summed E-state index contributed by atoms with van der Waals surface area (Å²) in [5.74, 6) is -2.45. The van der Waals surface area contributed by atoms with Gasteiger partial charge in [0.1, 0.15) is 16.4 Å². The summed E-state index contributed by atoms with van der Waals surface area (Å²) in [6.07, 6.45) is 0.120. The van der Waals surface area contributed by atoms with E-state index in [-0.39, 0.29) is 23.8 Å². The summed E-state index contributed by atoms with van der Waals surface area (Å²) in [6, 6.07) is 12.4. The number of primary amides is 1. The summed E-state index contributed by atoms with van der Waals surface area (Å²) in [4.78, 5) is 36.2. The van der Waals surface area contributed by atoms with Gasteiger partial charge in [-0.3, -0.25) is 9.59 Å². The number of amides is 2. The summed E-state index contributed by atoms with van der Waals surface area (Å²) >= 11 is 1.08. The molecule has 0 spiro atoms. The van der Waals surface area contributed by atoms with E-state index < -0.39 is 23.6 Å². The van der Waals surface area contributed by atoms with Gasteiger partial charge in [0.2, 0.25) is 5.91 Å². The summed E-state index contributed by atoms with van der Waals surface area (Å²) in [5, 5.41) is 12.6. The topological polar surface area (TPSA) is 119 Å². The van der Waals surface area contributed by atoms with Gasteiger partial charge in [-0.2, -0.15) is 0 Å². The molecule has 0 saturated heterocycles. The fraction of sp³-hybridized carbons (Fsp3) is 0.136. The van der Waals surface area contributed by atoms with Crippen LogP contribution < -0.4 is 15.8 Å². The quantitative estimate of drug-likeness (QED) is 0.541. The predicted molar refractivity (Wildman–Crippen MR) is 113 cm³/mol. The molecule has 0 saturated carbocycles. The van der Waals surface area contributed by atoms with Gasteiger partial charge in [0.15, 0.2) is 6.61 Å². The second kappa shape index (κ2) is 8.19. The molecule has 4 rings (SSSR count). The Kier molecular flexibility index (Phi) is 5.43. The molecular weight excluding hydrogens is 423 g/mol. The highest BCUT2D eigenvalue weighted by Crippen LogP contribution is 2.49. The zero-order valence-corrected chi connectivity index (χ0v) is 16.9. The maximum Gasteiger partial charge on any atom is 0.346 e. The third-order valence-electron chi connectivity index (χ3n) is 4.87. The van der Waals surface area contributed by atoms with Crippen LogP contribution in [-0.4, -0.2) is 29.5 Å². The van der Waals surface area contributed by atoms with Crippen LogP contribution in [0, 0.1) is 5.82 Å². The first-order chi connectivity index (χ1) is 14.8. The molecule has 1 aliphatic heterocycles. The third kappa shape index (κ3) is 4.13. The van der Waals surface area contributed by atoms with E-state index >= 15 is 0 Å². The van der Waals surface area contributed by atoms with Gasteiger partial charge in [0, 0.05) is 22.8 Å². The van der Waals surface area contributed by atoms with Crippen molar-refractivity contribution in [1.29, 1.82) is 0 Å². The zero-order chi connectivity index (χ0) is 22.1. The van der Waals surface area contributed by atoms with Crippen molar-refractivity contribution < 1.29 is 28.6 Å². The number of fused-ring (bicyclic) bond motifs is 1. The number of hydrogen-bond acceptors (Lipinski definition) is 5. The van der Waals surface area contributed by atoms with Crippen molar-refractivity contribution in [3.8, 4) is 16.9 Å². The molecule has 1 atom stereocenters. The van der Waals surface area contributed by atoms with Crippen LogP contribution in [0.5, 0.6) is 5.75 Å². The number of aromatic carboxylic acids is 1. The number of halogens is 1. The normalized spacial score (nSPS) is 15.1. The molecule has 1 aliphatic rings. The van der Waals surface area contributed by atoms with Crippen LogP contribution >= 0.6 is 11.3 Å². The van der Waals surface area contributed by atoms with E-state index in [4.69, 9.17) is 10.5 Å². The number of carboxylic acids is 1. The van der Waals surface area contributed by atoms with Crippen molar-refractivity contribution in [3.63, 3.8) is 0 Å². The van der Waals surface area contributed by atoms with Gasteiger partial charge >= 0.3 is 5.97 Å². The molecular formula is C22H17FN2O5S. The van der Waals surface area contributed by atoms with Crippen molar-refractivity contribution in [3.05, 3.63) is 69.7 Å². The lowest BCUT2D eigenvalue weighted by molar-refractivity contribution is -0.120. The lowest BCUT2D eigenvalue weighted by atomic mass is 9.88. The van der Waals surface area contributed by atoms with Crippen LogP contribution in [0.3, 0.4) is 0 Å². The Morgan fingerprint density at radius 1 is 1.23 bits per heavy atom. The molecule has 31 heavy (non-hydrogen) atoms. The Morgan fingerprint density at radius 2 is 1.97 bits per heavy atom. The lowest BCUT2D eigenvalue weighted by Crippen LogP contribution is -2.22. The zero-order valence-electron chi connectivity index (χ0n) is 16.1. The van der Waals surface area contributed by atoms with E-state index in [1.807, 2.05) is 6.07 Å². The molecule has 9 heteroatoms. The first-order valence-corrected chi connectivity index (χ1v) is 10.1. The highest BCUT2D eigenvalue weighted by molar-refractivity contribution is 7.15. The molecule has 1 aromatic heterocycles. The Hall–Kier alpha value is -3.72. The molecule has 2 aromatic carbocycles. The Balaban J connectivity index is 1.82. The van der Waals surface area contributed by atoms with E-state index in [1.54, 1.807) is 18.2 Å². The molecule has 7 nitrogen and oxygen atoms in total. The van der Waals surface area contributed by atoms with E-state index in [0.717, 1.165) is 16.9 Å². The number of hydrogen-bond donors (Lipinski definition) is 3. The average molecular weight is 440 g/mol. The number of rotatable bonds is 6. The van der Waals surface area contributed by atoms with E-state index in [1.165, 1.54) is 24.3 Å². The molecule has 158 valence electrons. The van der Waals surface area contributed by atoms with E-state index in [9.17, 15) is 23.9 Å². The summed E-state index contributed by atoms with van der Waals surface area (Å²) < 4.78 is 18.8. The number of nitrogens with two attached hydrogens (primary N) is 1. The van der Waals surface area contributed by atoms with Crippen molar-refractivity contribution in [2.24, 2.45) is 5.73 Å². The summed E-state index contributed by atoms with van der Waals surface area (Å²) in [7, 11) is 0. The number of nitrogens with one attached hydrogen (secondary N) is 1. The fourth-order valence-corrected chi connectivity index (χ4v) is 4.82. The minimum Gasteiger partial charge on any atom is -0.484 e. The Labute approximate surface area is 180 Å². The maximum atomic E-state index is 13.4. The number of thiophene rings is 1. The van der Waals surface area contributed by atoms with Gasteiger partial charge in [-0.15, -0.1) is 11.3 Å². The van der Waals surface area contributed by atoms with Gasteiger partial charge < -0.3 is 20.9 Å². The van der Waals surface area contributed by atoms with Crippen LogP contribution in [0.15, 0.2) is 48.5 Å². The molecule has 0 fully saturated rings. The van der Waals surface area contributed by atoms with Gasteiger partial charge in [-0.05, 0) is 35.4 Å². The molecule has 0 radical (unpaired) electrons. The maximum absolute atomic E-state index is 13.4. The highest BCUT2D eigenvalue weighted by atomic mass is 32.1. The predicted octanol–water partition coefficient (Wildman–Crippen LogP) is 3.59. The monoisotopic (exact) mass is 440 g/mol. The van der Waals surface area contributed by atoms with Crippen LogP contribution in [-0.2, 0) is 9.59 Å². The number of ether oxygens (including phenoxy) is 1. The molecule has 0 unspecified atom stereocenters. The smallest absolute Gasteiger partial charge is 0.346 e. The fourth-order valence-electron chi connectivity index (χ4n) is 3.57. The molecule has 2 amide bonds. The van der Waals surface area contributed by atoms with Crippen molar-refractivity contribution in [2.45, 2.75) is 12.3 Å². The number of carbonyl (C=O) groups is 3. The molecule has 2 heterocycles. The SMILES string of the molecule is NC(=O)COc1cccc([C@@H]2CC(=O)Nc3c2sc(C(=O)O)c3-c2ccc(F)cc2)c1. The molecule has 0 aliphatic carbocycles. The average Bonchev–Trinajstić information content (AvgIpc) is 3.12. The largest absolute Gasteiger partial charge is 0.484 e. The standard InChI is InChI=1S/C22H17FN2O5S/c23-13-6-4-11(5-7-13)18-19-20(31-21(18)22(28)29)15(9-17(27)25-19)12-2-1-3-14(8-12)30-10-16(24)26/h1-8,15H,9-10H2,(H2,24,26)(H,25,27)(H,28,29)/t15-/m0/s1. The second-order valence-electron chi connectivity index (χ2n) is 6.99. The van der Waals surface area contributed by atoms with E-state index in [0.29, 0.717) is 27.4 Å². The molecule has 4 N–H and O–H groups in total. The second-order valence-corrected chi connectivity index (χ2v) is 8.04. The number of benzene rings is 2. The van der Waals surface area contributed by atoms with Crippen molar-refractivity contribution in [1.82, 2.24) is 0 Å². The Morgan fingerprint density at radius 3 is 2.65 bits per heavy atom.